The van der Waals surface area contributed by atoms with E-state index in [0.29, 0.717) is 12.8 Å². The summed E-state index contributed by atoms with van der Waals surface area (Å²) in [6.07, 6.45) is 29.9. The highest BCUT2D eigenvalue weighted by atomic mass is 16.7. The van der Waals surface area contributed by atoms with Gasteiger partial charge in [-0.05, 0) is 19.3 Å². The summed E-state index contributed by atoms with van der Waals surface area (Å²) in [6.45, 7) is 3.42. The van der Waals surface area contributed by atoms with Gasteiger partial charge in [0.05, 0.1) is 25.4 Å². The standard InChI is InChI=1S/C48H93NO10/c1-3-5-7-9-11-13-15-17-18-19-20-21-22-23-24-26-28-30-32-34-36-41(52)47(57)49-39(38-58-48-46(56)45(55)44(54)42(37-50)59-48)43(53)40(51)35-33-31-29-27-25-16-14-12-10-8-6-4-2/h32,34,39-46,48,50-56H,3-31,33,35-38H2,1-2H3,(H,49,57)/b34-32-/t39?,40?,41?,42-,43?,44+,45-,46-,48-/m1/s1. The molecule has 0 saturated carbocycles. The normalized spacial score (nSPS) is 21.8. The van der Waals surface area contributed by atoms with Gasteiger partial charge in [0.15, 0.2) is 6.29 Å². The maximum absolute atomic E-state index is 13.1. The zero-order valence-corrected chi connectivity index (χ0v) is 37.7. The number of allylic oxidation sites excluding steroid dienone is 1. The fraction of sp³-hybridized carbons (Fsp3) is 0.938. The minimum absolute atomic E-state index is 0.0859. The van der Waals surface area contributed by atoms with Crippen LogP contribution in [0, 0.1) is 0 Å². The average molecular weight is 844 g/mol. The Balaban J connectivity index is 2.41. The molecule has 0 aromatic carbocycles. The summed E-state index contributed by atoms with van der Waals surface area (Å²) in [5.74, 6) is -0.744. The van der Waals surface area contributed by atoms with Crippen LogP contribution in [0.4, 0.5) is 0 Å². The Bertz CT molecular complexity index is 970. The molecule has 8 N–H and O–H groups in total. The second kappa shape index (κ2) is 38.5. The average Bonchev–Trinajstić information content (AvgIpc) is 3.23. The number of unbranched alkanes of at least 4 members (excludes halogenated alkanes) is 28. The van der Waals surface area contributed by atoms with Gasteiger partial charge in [0.1, 0.15) is 36.6 Å². The Morgan fingerprint density at radius 2 is 1.02 bits per heavy atom. The Morgan fingerprint density at radius 1 is 0.593 bits per heavy atom. The summed E-state index contributed by atoms with van der Waals surface area (Å²) >= 11 is 0. The van der Waals surface area contributed by atoms with E-state index >= 15 is 0 Å². The number of ether oxygens (including phenoxy) is 2. The summed E-state index contributed by atoms with van der Waals surface area (Å²) in [7, 11) is 0. The van der Waals surface area contributed by atoms with Crippen LogP contribution < -0.4 is 5.32 Å². The predicted molar refractivity (Wildman–Crippen MR) is 238 cm³/mol. The highest BCUT2D eigenvalue weighted by molar-refractivity contribution is 5.81. The first kappa shape index (κ1) is 55.9. The molecular formula is C48H93NO10. The van der Waals surface area contributed by atoms with E-state index in [0.717, 1.165) is 38.5 Å². The van der Waals surface area contributed by atoms with Gasteiger partial charge in [-0.2, -0.15) is 0 Å². The molecule has 11 heteroatoms. The third kappa shape index (κ3) is 28.2. The molecule has 1 aliphatic heterocycles. The van der Waals surface area contributed by atoms with Crippen molar-refractivity contribution in [2.45, 2.75) is 274 Å². The Hall–Kier alpha value is -1.15. The molecule has 4 unspecified atom stereocenters. The first-order chi connectivity index (χ1) is 28.7. The highest BCUT2D eigenvalue weighted by Crippen LogP contribution is 2.23. The van der Waals surface area contributed by atoms with E-state index in [2.05, 4.69) is 19.2 Å². The molecule has 9 atom stereocenters. The monoisotopic (exact) mass is 844 g/mol. The lowest BCUT2D eigenvalue weighted by molar-refractivity contribution is -0.303. The third-order valence-corrected chi connectivity index (χ3v) is 12.1. The van der Waals surface area contributed by atoms with Crippen LogP contribution in [0.5, 0.6) is 0 Å². The first-order valence-electron chi connectivity index (χ1n) is 24.6. The van der Waals surface area contributed by atoms with Crippen molar-refractivity contribution in [3.05, 3.63) is 12.2 Å². The van der Waals surface area contributed by atoms with Gasteiger partial charge in [0.2, 0.25) is 5.91 Å². The van der Waals surface area contributed by atoms with Crippen LogP contribution in [0.15, 0.2) is 12.2 Å². The van der Waals surface area contributed by atoms with Crippen LogP contribution in [0.3, 0.4) is 0 Å². The summed E-state index contributed by atoms with van der Waals surface area (Å²) in [5.41, 5.74) is 0. The fourth-order valence-corrected chi connectivity index (χ4v) is 7.98. The van der Waals surface area contributed by atoms with E-state index in [1.54, 1.807) is 6.08 Å². The molecule has 1 heterocycles. The minimum atomic E-state index is -1.66. The molecule has 1 fully saturated rings. The van der Waals surface area contributed by atoms with Gasteiger partial charge in [0, 0.05) is 6.42 Å². The van der Waals surface area contributed by atoms with E-state index in [-0.39, 0.29) is 6.42 Å². The lowest BCUT2D eigenvalue weighted by atomic mass is 9.98. The minimum Gasteiger partial charge on any atom is -0.394 e. The van der Waals surface area contributed by atoms with Crippen LogP contribution in [-0.4, -0.2) is 110 Å². The van der Waals surface area contributed by atoms with Crippen molar-refractivity contribution in [2.75, 3.05) is 13.2 Å². The molecular weight excluding hydrogens is 751 g/mol. The maximum Gasteiger partial charge on any atom is 0.249 e. The first-order valence-corrected chi connectivity index (χ1v) is 24.6. The topological polar surface area (TPSA) is 189 Å². The number of hydrogen-bond donors (Lipinski definition) is 8. The third-order valence-electron chi connectivity index (χ3n) is 12.1. The summed E-state index contributed by atoms with van der Waals surface area (Å²) in [5, 5.41) is 75.6. The van der Waals surface area contributed by atoms with Crippen LogP contribution in [-0.2, 0) is 14.3 Å². The SMILES string of the molecule is CCCCCCCCCCCCCCCCCCC/C=C\CC(O)C(=O)NC(CO[C@@H]1O[C@H](CO)[C@H](O)[C@@H](O)[C@H]1O)C(O)C(O)CCCCCCCCCCCCCC. The fourth-order valence-electron chi connectivity index (χ4n) is 7.98. The molecule has 0 aromatic heterocycles. The van der Waals surface area contributed by atoms with Crippen LogP contribution >= 0.6 is 0 Å². The van der Waals surface area contributed by atoms with E-state index in [9.17, 15) is 40.5 Å². The Labute approximate surface area is 360 Å². The molecule has 1 saturated heterocycles. The van der Waals surface area contributed by atoms with Crippen molar-refractivity contribution < 1.29 is 50.0 Å². The van der Waals surface area contributed by atoms with Crippen molar-refractivity contribution in [1.29, 1.82) is 0 Å². The van der Waals surface area contributed by atoms with Gasteiger partial charge < -0.3 is 50.5 Å². The van der Waals surface area contributed by atoms with Gasteiger partial charge in [-0.3, -0.25) is 4.79 Å². The van der Waals surface area contributed by atoms with Gasteiger partial charge in [-0.1, -0.05) is 206 Å². The highest BCUT2D eigenvalue weighted by Gasteiger charge is 2.44. The van der Waals surface area contributed by atoms with Gasteiger partial charge in [-0.15, -0.1) is 0 Å². The van der Waals surface area contributed by atoms with E-state index in [1.165, 1.54) is 148 Å². The molecule has 0 aromatic rings. The van der Waals surface area contributed by atoms with Gasteiger partial charge in [0.25, 0.3) is 0 Å². The molecule has 11 nitrogen and oxygen atoms in total. The summed E-state index contributed by atoms with van der Waals surface area (Å²) < 4.78 is 11.1. The lowest BCUT2D eigenvalue weighted by Gasteiger charge is -2.40. The number of aliphatic hydroxyl groups excluding tert-OH is 7. The van der Waals surface area contributed by atoms with Crippen LogP contribution in [0.1, 0.15) is 219 Å². The van der Waals surface area contributed by atoms with E-state index in [1.807, 2.05) is 6.08 Å². The zero-order chi connectivity index (χ0) is 43.4. The number of carbonyl (C=O) groups is 1. The van der Waals surface area contributed by atoms with Crippen molar-refractivity contribution in [1.82, 2.24) is 5.32 Å². The molecule has 1 aliphatic rings. The van der Waals surface area contributed by atoms with Crippen molar-refractivity contribution >= 4 is 5.91 Å². The van der Waals surface area contributed by atoms with Crippen molar-refractivity contribution in [2.24, 2.45) is 0 Å². The van der Waals surface area contributed by atoms with Crippen LogP contribution in [0.25, 0.3) is 0 Å². The predicted octanol–water partition coefficient (Wildman–Crippen LogP) is 8.45. The number of aliphatic hydroxyl groups is 7. The van der Waals surface area contributed by atoms with E-state index < -0.39 is 74.2 Å². The number of rotatable bonds is 41. The van der Waals surface area contributed by atoms with Crippen molar-refractivity contribution in [3.63, 3.8) is 0 Å². The maximum atomic E-state index is 13.1. The molecule has 59 heavy (non-hydrogen) atoms. The zero-order valence-electron chi connectivity index (χ0n) is 37.7. The number of carbonyl (C=O) groups excluding carboxylic acids is 1. The van der Waals surface area contributed by atoms with E-state index in [4.69, 9.17) is 9.47 Å². The lowest BCUT2D eigenvalue weighted by Crippen LogP contribution is -2.60. The van der Waals surface area contributed by atoms with Crippen molar-refractivity contribution in [3.8, 4) is 0 Å². The molecule has 0 aliphatic carbocycles. The van der Waals surface area contributed by atoms with Crippen LogP contribution in [0.2, 0.25) is 0 Å². The summed E-state index contributed by atoms with van der Waals surface area (Å²) in [4.78, 5) is 13.1. The number of nitrogens with one attached hydrogen (secondary N) is 1. The number of amides is 1. The number of hydrogen-bond acceptors (Lipinski definition) is 10. The Kier molecular flexibility index (Phi) is 36.5. The second-order valence-electron chi connectivity index (χ2n) is 17.5. The summed E-state index contributed by atoms with van der Waals surface area (Å²) in [6, 6.07) is -1.18. The molecule has 0 bridgehead atoms. The molecule has 1 amide bonds. The molecule has 350 valence electrons. The molecule has 0 radical (unpaired) electrons. The van der Waals surface area contributed by atoms with Gasteiger partial charge in [-0.25, -0.2) is 0 Å². The Morgan fingerprint density at radius 3 is 1.46 bits per heavy atom. The molecule has 0 spiro atoms. The molecule has 1 rings (SSSR count). The smallest absolute Gasteiger partial charge is 0.249 e. The largest absolute Gasteiger partial charge is 0.394 e. The second-order valence-corrected chi connectivity index (χ2v) is 17.5. The quantitative estimate of drug-likeness (QED) is 0.0219. The van der Waals surface area contributed by atoms with Gasteiger partial charge >= 0.3 is 0 Å².